The number of phenolic OH excluding ortho intramolecular Hbond substituents is 2. The highest BCUT2D eigenvalue weighted by Crippen LogP contribution is 2.61. The highest BCUT2D eigenvalue weighted by atomic mass is 16.3. The minimum atomic E-state index is -0.410. The van der Waals surface area contributed by atoms with E-state index in [0.29, 0.717) is 47.0 Å². The van der Waals surface area contributed by atoms with Gasteiger partial charge in [0.25, 0.3) is 0 Å². The smallest absolute Gasteiger partial charge is 0.127 e. The Bertz CT molecular complexity index is 1700. The number of hydrogen-bond donors (Lipinski definition) is 2. The second-order valence-corrected chi connectivity index (χ2v) is 17.2. The third-order valence-corrected chi connectivity index (χ3v) is 11.9. The predicted octanol–water partition coefficient (Wildman–Crippen LogP) is 13.4. The van der Waals surface area contributed by atoms with Crippen molar-refractivity contribution in [2.75, 3.05) is 0 Å². The molecule has 0 heterocycles. The molecule has 0 aromatic heterocycles. The molecule has 0 radical (unpaired) electrons. The summed E-state index contributed by atoms with van der Waals surface area (Å²) in [6, 6.07) is 18.4. The van der Waals surface area contributed by atoms with Crippen LogP contribution in [0.15, 0.2) is 48.5 Å². The molecule has 260 valence electrons. The Labute approximate surface area is 297 Å². The predicted molar refractivity (Wildman–Crippen MR) is 209 cm³/mol. The number of aromatic hydroxyl groups is 2. The lowest BCUT2D eigenvalue weighted by Crippen LogP contribution is -2.22. The first-order valence-electron chi connectivity index (χ1n) is 19.2. The van der Waals surface area contributed by atoms with Gasteiger partial charge in [-0.15, -0.1) is 0 Å². The fourth-order valence-electron chi connectivity index (χ4n) is 9.13. The molecule has 0 unspecified atom stereocenters. The van der Waals surface area contributed by atoms with Gasteiger partial charge in [0.1, 0.15) is 11.5 Å². The minimum absolute atomic E-state index is 0.319. The van der Waals surface area contributed by atoms with Crippen LogP contribution in [0.3, 0.4) is 0 Å². The zero-order chi connectivity index (χ0) is 35.7. The second kappa shape index (κ2) is 13.0. The van der Waals surface area contributed by atoms with Gasteiger partial charge in [-0.25, -0.2) is 0 Å². The largest absolute Gasteiger partial charge is 0.507 e. The molecule has 0 aliphatic heterocycles. The topological polar surface area (TPSA) is 40.5 Å². The van der Waals surface area contributed by atoms with Gasteiger partial charge in [-0.2, -0.15) is 0 Å². The highest BCUT2D eigenvalue weighted by Gasteiger charge is 2.49. The van der Waals surface area contributed by atoms with Crippen molar-refractivity contribution in [2.24, 2.45) is 0 Å². The molecule has 6 rings (SSSR count). The number of fused-ring (bicyclic) bond motifs is 4. The molecule has 0 amide bonds. The van der Waals surface area contributed by atoms with E-state index in [1.165, 1.54) is 55.6 Å². The zero-order valence-corrected chi connectivity index (χ0v) is 32.3. The van der Waals surface area contributed by atoms with Crippen molar-refractivity contribution in [3.8, 4) is 33.8 Å². The maximum Gasteiger partial charge on any atom is 0.127 e. The lowest BCUT2D eigenvalue weighted by atomic mass is 9.73. The second-order valence-electron chi connectivity index (χ2n) is 17.2. The molecule has 49 heavy (non-hydrogen) atoms. The third-order valence-electron chi connectivity index (χ3n) is 11.9. The quantitative estimate of drug-likeness (QED) is 0.198. The van der Waals surface area contributed by atoms with Gasteiger partial charge < -0.3 is 10.2 Å². The van der Waals surface area contributed by atoms with Crippen LogP contribution in [0.25, 0.3) is 22.3 Å². The highest BCUT2D eigenvalue weighted by molar-refractivity contribution is 5.84. The molecule has 0 saturated heterocycles. The Morgan fingerprint density at radius 3 is 1.02 bits per heavy atom. The van der Waals surface area contributed by atoms with Crippen LogP contribution in [-0.4, -0.2) is 10.2 Å². The van der Waals surface area contributed by atoms with Gasteiger partial charge in [-0.05, 0) is 117 Å². The van der Waals surface area contributed by atoms with Crippen molar-refractivity contribution in [1.29, 1.82) is 0 Å². The SMILES string of the molecule is CC(C)c1cc(C(C)C)c(-c2ccc3c(c2O)C2(CC3)CCc3ccc(-c4c(C(C)C)cc(C(C)C)cc4C(C)C)c(O)c32)c(C(C)C)c1. The van der Waals surface area contributed by atoms with E-state index >= 15 is 0 Å². The molecule has 0 atom stereocenters. The van der Waals surface area contributed by atoms with Crippen molar-refractivity contribution in [2.45, 2.75) is 150 Å². The number of phenols is 2. The first-order valence-corrected chi connectivity index (χ1v) is 19.2. The van der Waals surface area contributed by atoms with Gasteiger partial charge in [0.2, 0.25) is 0 Å². The third kappa shape index (κ3) is 5.72. The Morgan fingerprint density at radius 1 is 0.449 bits per heavy atom. The molecule has 4 aromatic carbocycles. The van der Waals surface area contributed by atoms with Gasteiger partial charge in [0.15, 0.2) is 0 Å². The summed E-state index contributed by atoms with van der Waals surface area (Å²) in [4.78, 5) is 0. The first-order chi connectivity index (χ1) is 23.1. The fraction of sp³-hybridized carbons (Fsp3) is 0.489. The van der Waals surface area contributed by atoms with Crippen LogP contribution in [-0.2, 0) is 18.3 Å². The molecule has 0 fully saturated rings. The van der Waals surface area contributed by atoms with Gasteiger partial charge >= 0.3 is 0 Å². The summed E-state index contributed by atoms with van der Waals surface area (Å²) in [5.41, 5.74) is 16.4. The summed E-state index contributed by atoms with van der Waals surface area (Å²) >= 11 is 0. The van der Waals surface area contributed by atoms with Crippen LogP contribution < -0.4 is 0 Å². The maximum absolute atomic E-state index is 12.6. The van der Waals surface area contributed by atoms with Crippen molar-refractivity contribution >= 4 is 0 Å². The van der Waals surface area contributed by atoms with Crippen LogP contribution in [0.2, 0.25) is 0 Å². The Morgan fingerprint density at radius 2 is 0.755 bits per heavy atom. The van der Waals surface area contributed by atoms with Crippen molar-refractivity contribution in [3.05, 3.63) is 104 Å². The Hall–Kier alpha value is -3.52. The van der Waals surface area contributed by atoms with Crippen LogP contribution >= 0.6 is 0 Å². The number of benzene rings is 4. The number of hydrogen-bond acceptors (Lipinski definition) is 2. The van der Waals surface area contributed by atoms with Crippen molar-refractivity contribution in [3.63, 3.8) is 0 Å². The maximum atomic E-state index is 12.6. The van der Waals surface area contributed by atoms with E-state index in [4.69, 9.17) is 0 Å². The summed E-state index contributed by atoms with van der Waals surface area (Å²) in [6.07, 6.45) is 3.63. The molecule has 2 aliphatic carbocycles. The average Bonchev–Trinajstić information content (AvgIpc) is 3.61. The van der Waals surface area contributed by atoms with Gasteiger partial charge in [0, 0.05) is 27.7 Å². The summed E-state index contributed by atoms with van der Waals surface area (Å²) in [6.45, 7) is 27.3. The van der Waals surface area contributed by atoms with E-state index in [2.05, 4.69) is 132 Å². The van der Waals surface area contributed by atoms with Crippen molar-refractivity contribution in [1.82, 2.24) is 0 Å². The molecule has 2 nitrogen and oxygen atoms in total. The molecular weight excluding hydrogens is 597 g/mol. The van der Waals surface area contributed by atoms with Gasteiger partial charge in [-0.3, -0.25) is 0 Å². The zero-order valence-electron chi connectivity index (χ0n) is 32.3. The van der Waals surface area contributed by atoms with E-state index in [0.717, 1.165) is 47.9 Å². The van der Waals surface area contributed by atoms with Crippen molar-refractivity contribution < 1.29 is 10.2 Å². The first kappa shape index (κ1) is 35.3. The monoisotopic (exact) mass is 656 g/mol. The molecule has 2 heteroatoms. The average molecular weight is 657 g/mol. The van der Waals surface area contributed by atoms with Gasteiger partial charge in [-0.1, -0.05) is 132 Å². The molecule has 1 spiro atoms. The normalized spacial score (nSPS) is 15.2. The molecule has 0 saturated carbocycles. The lowest BCUT2D eigenvalue weighted by Gasteiger charge is -2.31. The fourth-order valence-corrected chi connectivity index (χ4v) is 9.13. The van der Waals surface area contributed by atoms with E-state index in [-0.39, 0.29) is 0 Å². The summed E-state index contributed by atoms with van der Waals surface area (Å²) in [5.74, 6) is 2.97. The van der Waals surface area contributed by atoms with Crippen LogP contribution in [0.1, 0.15) is 187 Å². The lowest BCUT2D eigenvalue weighted by molar-refractivity contribution is 0.418. The molecule has 2 aliphatic rings. The molecule has 0 bridgehead atoms. The summed E-state index contributed by atoms with van der Waals surface area (Å²) in [5, 5.41) is 25.2. The van der Waals surface area contributed by atoms with Gasteiger partial charge in [0.05, 0.1) is 0 Å². The van der Waals surface area contributed by atoms with E-state index in [1.807, 2.05) is 0 Å². The van der Waals surface area contributed by atoms with Crippen LogP contribution in [0.5, 0.6) is 11.5 Å². The molecule has 2 N–H and O–H groups in total. The molecule has 4 aromatic rings. The summed E-state index contributed by atoms with van der Waals surface area (Å²) < 4.78 is 0. The van der Waals surface area contributed by atoms with E-state index < -0.39 is 5.41 Å². The van der Waals surface area contributed by atoms with E-state index in [1.54, 1.807) is 0 Å². The summed E-state index contributed by atoms with van der Waals surface area (Å²) in [7, 11) is 0. The van der Waals surface area contributed by atoms with Crippen LogP contribution in [0.4, 0.5) is 0 Å². The van der Waals surface area contributed by atoms with E-state index in [9.17, 15) is 10.2 Å². The van der Waals surface area contributed by atoms with Crippen LogP contribution in [0, 0.1) is 0 Å². The standard InChI is InChI=1S/C47H60O2/c1-25(2)33-21-37(27(5)6)41(38(22-33)28(7)8)35-15-13-31-17-19-47(43(31)45(35)48)20-18-32-14-16-36(46(49)44(32)47)42-39(29(9)10)23-34(26(3)4)24-40(42)30(11)12/h13-16,21-30,48-49H,17-20H2,1-12H3. The molecular formula is C47H60O2. The minimum Gasteiger partial charge on any atom is -0.507 e. The number of aryl methyl sites for hydroxylation is 2. The Kier molecular flexibility index (Phi) is 9.36. The Balaban J connectivity index is 1.61. The number of rotatable bonds is 8.